The lowest BCUT2D eigenvalue weighted by atomic mass is 10.0. The topological polar surface area (TPSA) is 29.1 Å². The Morgan fingerprint density at radius 3 is 2.71 bits per heavy atom. The molecule has 17 heavy (non-hydrogen) atoms. The molecule has 0 saturated carbocycles. The van der Waals surface area contributed by atoms with E-state index in [1.807, 2.05) is 6.07 Å². The fourth-order valence-electron chi connectivity index (χ4n) is 1.43. The third kappa shape index (κ3) is 5.01. The van der Waals surface area contributed by atoms with E-state index in [0.29, 0.717) is 11.5 Å². The smallest absolute Gasteiger partial charge is 0.253 e. The first-order valence-corrected chi connectivity index (χ1v) is 8.89. The predicted octanol–water partition coefficient (Wildman–Crippen LogP) is 4.81. The van der Waals surface area contributed by atoms with Gasteiger partial charge < -0.3 is 5.32 Å². The molecule has 0 spiro atoms. The first-order chi connectivity index (χ1) is 8.08. The van der Waals surface area contributed by atoms with Gasteiger partial charge in [0.25, 0.3) is 5.91 Å². The minimum Gasteiger partial charge on any atom is -0.352 e. The van der Waals surface area contributed by atoms with Crippen LogP contribution in [0.5, 0.6) is 0 Å². The molecule has 2 nitrogen and oxygen atoms in total. The minimum atomic E-state index is -0.00755. The van der Waals surface area contributed by atoms with Gasteiger partial charge in [0, 0.05) is 11.9 Å². The number of halogens is 3. The number of carbonyl (C=O) groups excluding carboxylic acids is 1. The maximum Gasteiger partial charge on any atom is 0.253 e. The van der Waals surface area contributed by atoms with Gasteiger partial charge >= 0.3 is 0 Å². The van der Waals surface area contributed by atoms with Crippen LogP contribution in [0.15, 0.2) is 13.6 Å². The van der Waals surface area contributed by atoms with Crippen LogP contribution in [-0.4, -0.2) is 17.8 Å². The van der Waals surface area contributed by atoms with E-state index in [1.54, 1.807) is 0 Å². The minimum absolute atomic E-state index is 0.00755. The number of hydrogen-bond donors (Lipinski definition) is 1. The fourth-order valence-corrected chi connectivity index (χ4v) is 4.87. The number of hydrogen-bond acceptors (Lipinski definition) is 2. The molecule has 0 radical (unpaired) electrons. The lowest BCUT2D eigenvalue weighted by Crippen LogP contribution is -2.29. The van der Waals surface area contributed by atoms with Crippen molar-refractivity contribution in [2.75, 3.05) is 11.9 Å². The van der Waals surface area contributed by atoms with E-state index in [2.05, 4.69) is 60.0 Å². The maximum absolute atomic E-state index is 11.9. The van der Waals surface area contributed by atoms with Crippen molar-refractivity contribution in [3.05, 3.63) is 19.2 Å². The van der Waals surface area contributed by atoms with Crippen molar-refractivity contribution in [2.45, 2.75) is 19.8 Å². The van der Waals surface area contributed by atoms with Crippen molar-refractivity contribution in [2.24, 2.45) is 5.92 Å². The number of rotatable bonds is 6. The highest BCUT2D eigenvalue weighted by Gasteiger charge is 2.14. The predicted molar refractivity (Wildman–Crippen MR) is 84.2 cm³/mol. The van der Waals surface area contributed by atoms with E-state index in [9.17, 15) is 4.79 Å². The summed E-state index contributed by atoms with van der Waals surface area (Å²) in [5.41, 5.74) is 0.704. The molecule has 0 aromatic carbocycles. The first-order valence-electron chi connectivity index (χ1n) is 5.37. The summed E-state index contributed by atoms with van der Waals surface area (Å²) in [5.74, 6) is 0.533. The molecule has 1 amide bonds. The highest BCUT2D eigenvalue weighted by Crippen LogP contribution is 2.31. The van der Waals surface area contributed by atoms with E-state index in [4.69, 9.17) is 0 Å². The van der Waals surface area contributed by atoms with Crippen molar-refractivity contribution < 1.29 is 4.79 Å². The van der Waals surface area contributed by atoms with Gasteiger partial charge in [-0.15, -0.1) is 11.3 Å². The Balaban J connectivity index is 2.52. The number of amides is 1. The van der Waals surface area contributed by atoms with Gasteiger partial charge in [-0.05, 0) is 50.3 Å². The molecule has 1 aromatic rings. The van der Waals surface area contributed by atoms with Crippen molar-refractivity contribution >= 4 is 65.0 Å². The highest BCUT2D eigenvalue weighted by molar-refractivity contribution is 9.12. The van der Waals surface area contributed by atoms with Crippen LogP contribution in [-0.2, 0) is 0 Å². The molecule has 1 heterocycles. The summed E-state index contributed by atoms with van der Waals surface area (Å²) in [6.45, 7) is 2.89. The normalized spacial score (nSPS) is 12.5. The number of alkyl halides is 1. The summed E-state index contributed by atoms with van der Waals surface area (Å²) >= 11 is 11.7. The highest BCUT2D eigenvalue weighted by atomic mass is 79.9. The fraction of sp³-hybridized carbons (Fsp3) is 0.545. The molecular formula is C11H14Br3NOS. The SMILES string of the molecule is CCC(CCBr)CNC(=O)c1cc(Br)sc1Br. The first kappa shape index (κ1) is 15.7. The monoisotopic (exact) mass is 445 g/mol. The molecule has 0 saturated heterocycles. The van der Waals surface area contributed by atoms with Crippen LogP contribution in [0.4, 0.5) is 0 Å². The number of thiophene rings is 1. The molecule has 1 atom stereocenters. The summed E-state index contributed by atoms with van der Waals surface area (Å²) in [7, 11) is 0. The van der Waals surface area contributed by atoms with E-state index < -0.39 is 0 Å². The van der Waals surface area contributed by atoms with Crippen molar-refractivity contribution in [1.82, 2.24) is 5.32 Å². The van der Waals surface area contributed by atoms with Crippen LogP contribution in [0.1, 0.15) is 30.1 Å². The van der Waals surface area contributed by atoms with Gasteiger partial charge in [0.05, 0.1) is 13.1 Å². The largest absolute Gasteiger partial charge is 0.352 e. The molecule has 0 bridgehead atoms. The molecule has 0 aliphatic carbocycles. The Morgan fingerprint density at radius 2 is 2.24 bits per heavy atom. The Bertz CT molecular complexity index is 381. The molecule has 1 rings (SSSR count). The van der Waals surface area contributed by atoms with Crippen LogP contribution >= 0.6 is 59.1 Å². The van der Waals surface area contributed by atoms with Crippen LogP contribution in [0.3, 0.4) is 0 Å². The number of carbonyl (C=O) groups is 1. The van der Waals surface area contributed by atoms with E-state index in [1.165, 1.54) is 11.3 Å². The van der Waals surface area contributed by atoms with Crippen LogP contribution < -0.4 is 5.32 Å². The zero-order valence-corrected chi connectivity index (χ0v) is 15.0. The Hall–Kier alpha value is 0.610. The third-order valence-electron chi connectivity index (χ3n) is 2.55. The van der Waals surface area contributed by atoms with Gasteiger partial charge in [-0.2, -0.15) is 0 Å². The van der Waals surface area contributed by atoms with E-state index >= 15 is 0 Å². The molecule has 0 aliphatic rings. The molecule has 1 aromatic heterocycles. The standard InChI is InChI=1S/C11H14Br3NOS/c1-2-7(3-4-12)6-15-11(16)8-5-9(13)17-10(8)14/h5,7H,2-4,6H2,1H3,(H,15,16). The maximum atomic E-state index is 11.9. The molecule has 1 unspecified atom stereocenters. The summed E-state index contributed by atoms with van der Waals surface area (Å²) in [6.07, 6.45) is 2.17. The van der Waals surface area contributed by atoms with Gasteiger partial charge in [-0.25, -0.2) is 0 Å². The molecule has 0 aliphatic heterocycles. The molecule has 0 fully saturated rings. The quantitative estimate of drug-likeness (QED) is 0.623. The average Bonchev–Trinajstić information content (AvgIpc) is 2.63. The van der Waals surface area contributed by atoms with Gasteiger partial charge in [-0.1, -0.05) is 29.3 Å². The Morgan fingerprint density at radius 1 is 1.53 bits per heavy atom. The Labute approximate surface area is 131 Å². The van der Waals surface area contributed by atoms with Crippen LogP contribution in [0.25, 0.3) is 0 Å². The summed E-state index contributed by atoms with van der Waals surface area (Å²) in [5, 5.41) is 3.97. The second kappa shape index (κ2) is 7.92. The molecule has 96 valence electrons. The van der Waals surface area contributed by atoms with Gasteiger partial charge in [0.15, 0.2) is 0 Å². The zero-order chi connectivity index (χ0) is 12.8. The van der Waals surface area contributed by atoms with Crippen molar-refractivity contribution in [1.29, 1.82) is 0 Å². The van der Waals surface area contributed by atoms with Crippen molar-refractivity contribution in [3.63, 3.8) is 0 Å². The van der Waals surface area contributed by atoms with Crippen LogP contribution in [0, 0.1) is 5.92 Å². The summed E-state index contributed by atoms with van der Waals surface area (Å²) < 4.78 is 1.83. The van der Waals surface area contributed by atoms with Gasteiger partial charge in [-0.3, -0.25) is 4.79 Å². The lowest BCUT2D eigenvalue weighted by Gasteiger charge is -2.13. The molecule has 1 N–H and O–H groups in total. The third-order valence-corrected chi connectivity index (χ3v) is 5.34. The Kier molecular flexibility index (Phi) is 7.30. The second-order valence-electron chi connectivity index (χ2n) is 3.70. The van der Waals surface area contributed by atoms with Gasteiger partial charge in [0.2, 0.25) is 0 Å². The average molecular weight is 448 g/mol. The summed E-state index contributed by atoms with van der Waals surface area (Å²) in [6, 6.07) is 1.84. The zero-order valence-electron chi connectivity index (χ0n) is 9.43. The van der Waals surface area contributed by atoms with E-state index in [0.717, 1.165) is 32.3 Å². The summed E-state index contributed by atoms with van der Waals surface area (Å²) in [4.78, 5) is 11.9. The number of nitrogens with one attached hydrogen (secondary N) is 1. The second-order valence-corrected chi connectivity index (χ2v) is 8.24. The molecule has 6 heteroatoms. The lowest BCUT2D eigenvalue weighted by molar-refractivity contribution is 0.0946. The van der Waals surface area contributed by atoms with Gasteiger partial charge in [0.1, 0.15) is 0 Å². The van der Waals surface area contributed by atoms with Crippen molar-refractivity contribution in [3.8, 4) is 0 Å². The van der Waals surface area contributed by atoms with E-state index in [-0.39, 0.29) is 5.91 Å². The van der Waals surface area contributed by atoms with Crippen LogP contribution in [0.2, 0.25) is 0 Å². The molecular weight excluding hydrogens is 434 g/mol.